The van der Waals surface area contributed by atoms with E-state index in [-0.39, 0.29) is 0 Å². The van der Waals surface area contributed by atoms with E-state index < -0.39 is 0 Å². The van der Waals surface area contributed by atoms with Gasteiger partial charge in [0.05, 0.1) is 31.0 Å². The summed E-state index contributed by atoms with van der Waals surface area (Å²) in [5, 5.41) is 4.22. The fourth-order valence-corrected chi connectivity index (χ4v) is 2.26. The number of fused-ring (bicyclic) bond motifs is 1. The van der Waals surface area contributed by atoms with E-state index in [1.807, 2.05) is 49.4 Å². The average Bonchev–Trinajstić information content (AvgIpc) is 2.99. The molecule has 0 saturated carbocycles. The summed E-state index contributed by atoms with van der Waals surface area (Å²) in [6, 6.07) is 13.5. The van der Waals surface area contributed by atoms with Crippen LogP contribution < -0.4 is 14.9 Å². The molecule has 0 spiro atoms. The summed E-state index contributed by atoms with van der Waals surface area (Å²) >= 11 is 0. The summed E-state index contributed by atoms with van der Waals surface area (Å²) < 4.78 is 11.0. The molecule has 2 aromatic carbocycles. The highest BCUT2D eigenvalue weighted by Gasteiger charge is 2.08. The average molecular weight is 310 g/mol. The van der Waals surface area contributed by atoms with Crippen LogP contribution in [0.5, 0.6) is 11.5 Å². The Morgan fingerprint density at radius 3 is 2.87 bits per heavy atom. The second-order valence-electron chi connectivity index (χ2n) is 4.78. The number of nitrogens with one attached hydrogen (secondary N) is 2. The topological polar surface area (TPSA) is 71.5 Å². The number of benzene rings is 2. The minimum atomic E-state index is 0.554. The van der Waals surface area contributed by atoms with Gasteiger partial charge in [-0.2, -0.15) is 5.10 Å². The molecule has 6 heteroatoms. The number of hydrogen-bond donors (Lipinski definition) is 2. The number of aromatic nitrogens is 2. The molecule has 0 unspecified atom stereocenters. The summed E-state index contributed by atoms with van der Waals surface area (Å²) in [5.41, 5.74) is 5.57. The molecule has 0 bridgehead atoms. The summed E-state index contributed by atoms with van der Waals surface area (Å²) in [5.74, 6) is 1.94. The Balaban J connectivity index is 1.79. The lowest BCUT2D eigenvalue weighted by Crippen LogP contribution is -2.00. The highest BCUT2D eigenvalue weighted by molar-refractivity contribution is 5.85. The molecule has 3 rings (SSSR count). The highest BCUT2D eigenvalue weighted by Crippen LogP contribution is 2.30. The van der Waals surface area contributed by atoms with Crippen molar-refractivity contribution in [1.29, 1.82) is 0 Å². The number of hydrazone groups is 1. The van der Waals surface area contributed by atoms with Gasteiger partial charge in [-0.3, -0.25) is 0 Å². The van der Waals surface area contributed by atoms with Crippen LogP contribution in [0, 0.1) is 0 Å². The van der Waals surface area contributed by atoms with Crippen molar-refractivity contribution in [2.24, 2.45) is 5.10 Å². The fourth-order valence-electron chi connectivity index (χ4n) is 2.26. The smallest absolute Gasteiger partial charge is 0.222 e. The third kappa shape index (κ3) is 3.26. The molecule has 3 aromatic rings. The van der Waals surface area contributed by atoms with Crippen LogP contribution in [0.1, 0.15) is 12.5 Å². The molecule has 0 aliphatic heterocycles. The number of para-hydroxylation sites is 3. The minimum absolute atomic E-state index is 0.554. The van der Waals surface area contributed by atoms with Gasteiger partial charge in [0.1, 0.15) is 0 Å². The van der Waals surface area contributed by atoms with E-state index in [1.54, 1.807) is 13.3 Å². The maximum atomic E-state index is 5.64. The van der Waals surface area contributed by atoms with Crippen molar-refractivity contribution < 1.29 is 9.47 Å². The monoisotopic (exact) mass is 310 g/mol. The molecule has 23 heavy (non-hydrogen) atoms. The first-order valence-corrected chi connectivity index (χ1v) is 7.35. The van der Waals surface area contributed by atoms with Crippen molar-refractivity contribution in [3.05, 3.63) is 48.0 Å². The minimum Gasteiger partial charge on any atom is -0.493 e. The van der Waals surface area contributed by atoms with Crippen LogP contribution in [0.15, 0.2) is 47.6 Å². The SMILES string of the molecule is CCOc1c(/C=N\Nc2nc3ccccc3[nH]2)cccc1OC. The summed E-state index contributed by atoms with van der Waals surface area (Å²) in [4.78, 5) is 7.55. The molecular weight excluding hydrogens is 292 g/mol. The van der Waals surface area contributed by atoms with Crippen LogP contribution in [-0.2, 0) is 0 Å². The van der Waals surface area contributed by atoms with Gasteiger partial charge in [-0.05, 0) is 31.2 Å². The lowest BCUT2D eigenvalue weighted by atomic mass is 10.2. The van der Waals surface area contributed by atoms with Crippen LogP contribution in [0.2, 0.25) is 0 Å². The van der Waals surface area contributed by atoms with Crippen LogP contribution in [0.3, 0.4) is 0 Å². The molecule has 0 amide bonds. The van der Waals surface area contributed by atoms with Crippen molar-refractivity contribution >= 4 is 23.2 Å². The van der Waals surface area contributed by atoms with Crippen LogP contribution in [0.25, 0.3) is 11.0 Å². The van der Waals surface area contributed by atoms with E-state index in [4.69, 9.17) is 9.47 Å². The number of anilines is 1. The molecule has 6 nitrogen and oxygen atoms in total. The molecular formula is C17H18N4O2. The summed E-state index contributed by atoms with van der Waals surface area (Å²) in [7, 11) is 1.62. The number of ether oxygens (including phenoxy) is 2. The largest absolute Gasteiger partial charge is 0.493 e. The normalized spacial score (nSPS) is 11.0. The lowest BCUT2D eigenvalue weighted by molar-refractivity contribution is 0.310. The Morgan fingerprint density at radius 2 is 2.09 bits per heavy atom. The van der Waals surface area contributed by atoms with Crippen LogP contribution in [-0.4, -0.2) is 29.9 Å². The van der Waals surface area contributed by atoms with Gasteiger partial charge in [0.2, 0.25) is 5.95 Å². The molecule has 118 valence electrons. The van der Waals surface area contributed by atoms with Crippen molar-refractivity contribution in [3.8, 4) is 11.5 Å². The van der Waals surface area contributed by atoms with Gasteiger partial charge in [0.15, 0.2) is 11.5 Å². The van der Waals surface area contributed by atoms with E-state index in [0.717, 1.165) is 16.6 Å². The van der Waals surface area contributed by atoms with Crippen LogP contribution in [0.4, 0.5) is 5.95 Å². The quantitative estimate of drug-likeness (QED) is 0.540. The first-order valence-electron chi connectivity index (χ1n) is 7.35. The number of rotatable bonds is 6. The van der Waals surface area contributed by atoms with Crippen molar-refractivity contribution in [3.63, 3.8) is 0 Å². The Hall–Kier alpha value is -3.02. The third-order valence-corrected chi connectivity index (χ3v) is 3.28. The van der Waals surface area contributed by atoms with E-state index >= 15 is 0 Å². The number of H-pyrrole nitrogens is 1. The molecule has 0 aliphatic carbocycles. The van der Waals surface area contributed by atoms with E-state index in [0.29, 0.717) is 24.1 Å². The Morgan fingerprint density at radius 1 is 1.22 bits per heavy atom. The molecule has 0 fully saturated rings. The maximum absolute atomic E-state index is 5.64. The van der Waals surface area contributed by atoms with Crippen molar-refractivity contribution in [2.45, 2.75) is 6.92 Å². The lowest BCUT2D eigenvalue weighted by Gasteiger charge is -2.11. The zero-order valence-corrected chi connectivity index (χ0v) is 13.0. The standard InChI is InChI=1S/C17H18N4O2/c1-3-23-16-12(7-6-10-15(16)22-2)11-18-21-17-19-13-8-4-5-9-14(13)20-17/h4-11H,3H2,1-2H3,(H2,19,20,21)/b18-11-. The molecule has 0 aliphatic rings. The van der Waals surface area contributed by atoms with Crippen molar-refractivity contribution in [2.75, 3.05) is 19.1 Å². The molecule has 2 N–H and O–H groups in total. The van der Waals surface area contributed by atoms with Gasteiger partial charge >= 0.3 is 0 Å². The zero-order valence-electron chi connectivity index (χ0n) is 13.0. The molecule has 0 saturated heterocycles. The first-order chi connectivity index (χ1) is 11.3. The van der Waals surface area contributed by atoms with Gasteiger partial charge in [-0.15, -0.1) is 0 Å². The Kier molecular flexibility index (Phi) is 4.42. The molecule has 1 aromatic heterocycles. The van der Waals surface area contributed by atoms with E-state index in [2.05, 4.69) is 20.5 Å². The Bertz CT molecular complexity index is 793. The predicted octanol–water partition coefficient (Wildman–Crippen LogP) is 3.42. The van der Waals surface area contributed by atoms with Gasteiger partial charge in [-0.25, -0.2) is 10.4 Å². The van der Waals surface area contributed by atoms with Crippen LogP contribution >= 0.6 is 0 Å². The molecule has 1 heterocycles. The molecule has 0 radical (unpaired) electrons. The first kappa shape index (κ1) is 14.9. The highest BCUT2D eigenvalue weighted by atomic mass is 16.5. The Labute approximate surface area is 134 Å². The zero-order chi connectivity index (χ0) is 16.1. The van der Waals surface area contributed by atoms with E-state index in [9.17, 15) is 0 Å². The summed E-state index contributed by atoms with van der Waals surface area (Å²) in [6.07, 6.45) is 1.68. The number of aromatic amines is 1. The maximum Gasteiger partial charge on any atom is 0.222 e. The second kappa shape index (κ2) is 6.83. The second-order valence-corrected chi connectivity index (χ2v) is 4.78. The van der Waals surface area contributed by atoms with Gasteiger partial charge in [-0.1, -0.05) is 18.2 Å². The third-order valence-electron chi connectivity index (χ3n) is 3.28. The number of imidazole rings is 1. The molecule has 0 atom stereocenters. The van der Waals surface area contributed by atoms with Gasteiger partial charge in [0.25, 0.3) is 0 Å². The fraction of sp³-hybridized carbons (Fsp3) is 0.176. The summed E-state index contributed by atoms with van der Waals surface area (Å²) in [6.45, 7) is 2.48. The predicted molar refractivity (Wildman–Crippen MR) is 91.5 cm³/mol. The van der Waals surface area contributed by atoms with Gasteiger partial charge < -0.3 is 14.5 Å². The van der Waals surface area contributed by atoms with E-state index in [1.165, 1.54) is 0 Å². The number of nitrogens with zero attached hydrogens (tertiary/aromatic N) is 2. The van der Waals surface area contributed by atoms with Gasteiger partial charge in [0, 0.05) is 5.56 Å². The van der Waals surface area contributed by atoms with Crippen molar-refractivity contribution in [1.82, 2.24) is 9.97 Å². The number of methoxy groups -OCH3 is 1. The number of hydrogen-bond acceptors (Lipinski definition) is 5.